The lowest BCUT2D eigenvalue weighted by molar-refractivity contribution is 0.0994. The molecule has 0 amide bonds. The molecule has 0 aliphatic carbocycles. The first-order valence-electron chi connectivity index (χ1n) is 8.15. The van der Waals surface area contributed by atoms with Crippen molar-refractivity contribution in [1.29, 1.82) is 0 Å². The summed E-state index contributed by atoms with van der Waals surface area (Å²) in [6.45, 7) is 0. The van der Waals surface area contributed by atoms with Crippen molar-refractivity contribution in [3.8, 4) is 5.69 Å². The molecule has 2 nitrogen and oxygen atoms in total. The molecule has 3 aromatic carbocycles. The first-order chi connectivity index (χ1) is 12.2. The second kappa shape index (κ2) is 6.69. The van der Waals surface area contributed by atoms with E-state index in [1.807, 2.05) is 85.1 Å². The molecule has 0 spiro atoms. The normalized spacial score (nSPS) is 10.9. The Hall–Kier alpha value is -2.65. The quantitative estimate of drug-likeness (QED) is 0.403. The van der Waals surface area contributed by atoms with Gasteiger partial charge in [-0.25, -0.2) is 0 Å². The second-order valence-corrected chi connectivity index (χ2v) is 6.91. The lowest BCUT2D eigenvalue weighted by Crippen LogP contribution is -2.02. The van der Waals surface area contributed by atoms with Crippen molar-refractivity contribution in [3.63, 3.8) is 0 Å². The maximum absolute atomic E-state index is 13.0. The molecule has 0 saturated carbocycles. The number of benzene rings is 3. The highest BCUT2D eigenvalue weighted by Gasteiger charge is 2.16. The van der Waals surface area contributed by atoms with Crippen LogP contribution in [0.15, 0.2) is 89.5 Å². The summed E-state index contributed by atoms with van der Waals surface area (Å²) < 4.78 is 3.06. The second-order valence-electron chi connectivity index (χ2n) is 6.00. The lowest BCUT2D eigenvalue weighted by atomic mass is 10.0. The number of fused-ring (bicyclic) bond motifs is 1. The minimum absolute atomic E-state index is 0.129. The van der Waals surface area contributed by atoms with Crippen LogP contribution in [0.3, 0.4) is 0 Å². The molecule has 4 aromatic rings. The van der Waals surface area contributed by atoms with Crippen LogP contribution in [-0.2, 0) is 6.42 Å². The highest BCUT2D eigenvalue weighted by atomic mass is 79.9. The molecule has 1 aromatic heterocycles. The molecule has 122 valence electrons. The average molecular weight is 390 g/mol. The number of rotatable bonds is 4. The van der Waals surface area contributed by atoms with E-state index in [1.165, 1.54) is 0 Å². The maximum atomic E-state index is 13.0. The van der Waals surface area contributed by atoms with Gasteiger partial charge in [0.05, 0.1) is 5.52 Å². The minimum Gasteiger partial charge on any atom is -0.316 e. The molecule has 0 aliphatic rings. The summed E-state index contributed by atoms with van der Waals surface area (Å²) in [6.07, 6.45) is 2.36. The predicted octanol–water partition coefficient (Wildman–Crippen LogP) is 5.82. The first-order valence-corrected chi connectivity index (χ1v) is 8.95. The van der Waals surface area contributed by atoms with Gasteiger partial charge in [-0.3, -0.25) is 4.79 Å². The number of halogens is 1. The van der Waals surface area contributed by atoms with Crippen LogP contribution in [0, 0.1) is 0 Å². The van der Waals surface area contributed by atoms with E-state index in [1.54, 1.807) is 0 Å². The van der Waals surface area contributed by atoms with Crippen LogP contribution >= 0.6 is 15.9 Å². The first kappa shape index (κ1) is 15.9. The van der Waals surface area contributed by atoms with Crippen LogP contribution in [-0.4, -0.2) is 10.4 Å². The van der Waals surface area contributed by atoms with Gasteiger partial charge in [-0.1, -0.05) is 64.5 Å². The maximum Gasteiger partial charge on any atom is 0.169 e. The molecule has 0 atom stereocenters. The van der Waals surface area contributed by atoms with Gasteiger partial charge in [-0.2, -0.15) is 0 Å². The SMILES string of the molecule is O=C(Cc1ccccc1)c1cn(-c2ccccc2)c2ccc(Br)cc12. The molecule has 0 fully saturated rings. The van der Waals surface area contributed by atoms with Crippen molar-refractivity contribution in [2.45, 2.75) is 6.42 Å². The van der Waals surface area contributed by atoms with Crippen molar-refractivity contribution in [2.75, 3.05) is 0 Å². The fourth-order valence-corrected chi connectivity index (χ4v) is 3.46. The van der Waals surface area contributed by atoms with Crippen LogP contribution in [0.25, 0.3) is 16.6 Å². The fourth-order valence-electron chi connectivity index (χ4n) is 3.10. The van der Waals surface area contributed by atoms with Gasteiger partial charge in [-0.05, 0) is 35.9 Å². The molecule has 0 N–H and O–H groups in total. The Morgan fingerprint density at radius 3 is 2.28 bits per heavy atom. The zero-order chi connectivity index (χ0) is 17.2. The van der Waals surface area contributed by atoms with Crippen molar-refractivity contribution in [2.24, 2.45) is 0 Å². The predicted molar refractivity (Wildman–Crippen MR) is 105 cm³/mol. The highest BCUT2D eigenvalue weighted by Crippen LogP contribution is 2.28. The number of hydrogen-bond donors (Lipinski definition) is 0. The molecule has 1 heterocycles. The Morgan fingerprint density at radius 1 is 0.880 bits per heavy atom. The number of para-hydroxylation sites is 1. The van der Waals surface area contributed by atoms with Crippen molar-refractivity contribution < 1.29 is 4.79 Å². The van der Waals surface area contributed by atoms with Crippen LogP contribution in [0.2, 0.25) is 0 Å². The van der Waals surface area contributed by atoms with Gasteiger partial charge in [0.2, 0.25) is 0 Å². The number of ketones is 1. The van der Waals surface area contributed by atoms with Gasteiger partial charge in [0.25, 0.3) is 0 Å². The van der Waals surface area contributed by atoms with Crippen molar-refractivity contribution in [1.82, 2.24) is 4.57 Å². The number of Topliss-reactive ketones (excluding diaryl/α,β-unsaturated/α-hetero) is 1. The zero-order valence-electron chi connectivity index (χ0n) is 13.5. The van der Waals surface area contributed by atoms with E-state index in [-0.39, 0.29) is 5.78 Å². The number of hydrogen-bond acceptors (Lipinski definition) is 1. The van der Waals surface area contributed by atoms with Crippen LogP contribution in [0.1, 0.15) is 15.9 Å². The molecule has 0 radical (unpaired) electrons. The van der Waals surface area contributed by atoms with E-state index < -0.39 is 0 Å². The Labute approximate surface area is 154 Å². The summed E-state index contributed by atoms with van der Waals surface area (Å²) >= 11 is 3.53. The van der Waals surface area contributed by atoms with Crippen LogP contribution in [0.5, 0.6) is 0 Å². The molecule has 4 rings (SSSR count). The minimum atomic E-state index is 0.129. The number of carbonyl (C=O) groups is 1. The summed E-state index contributed by atoms with van der Waals surface area (Å²) in [5, 5.41) is 0.971. The third-order valence-electron chi connectivity index (χ3n) is 4.31. The Balaban J connectivity index is 1.83. The standard InChI is InChI=1S/C22H16BrNO/c23-17-11-12-21-19(14-17)20(15-24(21)18-9-5-2-6-10-18)22(25)13-16-7-3-1-4-8-16/h1-12,14-15H,13H2. The molecule has 0 saturated heterocycles. The van der Waals surface area contributed by atoms with E-state index in [0.29, 0.717) is 6.42 Å². The van der Waals surface area contributed by atoms with Crippen LogP contribution in [0.4, 0.5) is 0 Å². The number of aromatic nitrogens is 1. The van der Waals surface area contributed by atoms with Gasteiger partial charge in [0.15, 0.2) is 5.78 Å². The number of carbonyl (C=O) groups excluding carboxylic acids is 1. The molecular formula is C22H16BrNO. The summed E-state index contributed by atoms with van der Waals surface area (Å²) in [7, 11) is 0. The van der Waals surface area contributed by atoms with Gasteiger partial charge in [-0.15, -0.1) is 0 Å². The van der Waals surface area contributed by atoms with Gasteiger partial charge in [0.1, 0.15) is 0 Å². The third kappa shape index (κ3) is 3.15. The lowest BCUT2D eigenvalue weighted by Gasteiger charge is -2.04. The summed E-state index contributed by atoms with van der Waals surface area (Å²) in [6, 6.07) is 26.1. The Kier molecular flexibility index (Phi) is 4.24. The molecular weight excluding hydrogens is 374 g/mol. The monoisotopic (exact) mass is 389 g/mol. The molecule has 0 bridgehead atoms. The van der Waals surface area contributed by atoms with E-state index in [2.05, 4.69) is 20.5 Å². The van der Waals surface area contributed by atoms with Crippen LogP contribution < -0.4 is 0 Å². The fraction of sp³-hybridized carbons (Fsp3) is 0.0455. The van der Waals surface area contributed by atoms with Crippen molar-refractivity contribution in [3.05, 3.63) is 101 Å². The van der Waals surface area contributed by atoms with Crippen molar-refractivity contribution >= 4 is 32.6 Å². The summed E-state index contributed by atoms with van der Waals surface area (Å²) in [4.78, 5) is 13.0. The van der Waals surface area contributed by atoms with E-state index >= 15 is 0 Å². The molecule has 0 aliphatic heterocycles. The Bertz CT molecular complexity index is 1040. The smallest absolute Gasteiger partial charge is 0.169 e. The summed E-state index contributed by atoms with van der Waals surface area (Å²) in [5.41, 5.74) is 3.87. The molecule has 0 unspecified atom stereocenters. The third-order valence-corrected chi connectivity index (χ3v) is 4.80. The van der Waals surface area contributed by atoms with Gasteiger partial charge < -0.3 is 4.57 Å². The Morgan fingerprint density at radius 2 is 1.56 bits per heavy atom. The van der Waals surface area contributed by atoms with E-state index in [9.17, 15) is 4.79 Å². The topological polar surface area (TPSA) is 22.0 Å². The largest absolute Gasteiger partial charge is 0.316 e. The number of nitrogens with zero attached hydrogens (tertiary/aromatic N) is 1. The highest BCUT2D eigenvalue weighted by molar-refractivity contribution is 9.10. The summed E-state index contributed by atoms with van der Waals surface area (Å²) in [5.74, 6) is 0.129. The van der Waals surface area contributed by atoms with E-state index in [0.717, 1.165) is 32.2 Å². The zero-order valence-corrected chi connectivity index (χ0v) is 15.1. The average Bonchev–Trinajstić information content (AvgIpc) is 3.02. The van der Waals surface area contributed by atoms with Gasteiger partial charge >= 0.3 is 0 Å². The molecule has 25 heavy (non-hydrogen) atoms. The van der Waals surface area contributed by atoms with Gasteiger partial charge in [0, 0.05) is 33.7 Å². The molecule has 3 heteroatoms. The van der Waals surface area contributed by atoms with E-state index in [4.69, 9.17) is 0 Å².